The Balaban J connectivity index is 1.60. The summed E-state index contributed by atoms with van der Waals surface area (Å²) in [7, 11) is 0. The van der Waals surface area contributed by atoms with E-state index in [-0.39, 0.29) is 17.4 Å². The molecule has 0 aliphatic carbocycles. The summed E-state index contributed by atoms with van der Waals surface area (Å²) in [4.78, 5) is 12.6. The van der Waals surface area contributed by atoms with Gasteiger partial charge >= 0.3 is 0 Å². The molecule has 0 fully saturated rings. The summed E-state index contributed by atoms with van der Waals surface area (Å²) in [6.45, 7) is 0. The van der Waals surface area contributed by atoms with Gasteiger partial charge in [-0.15, -0.1) is 0 Å². The van der Waals surface area contributed by atoms with Crippen LogP contribution in [0.4, 0.5) is 5.69 Å². The molecule has 32 heavy (non-hydrogen) atoms. The van der Waals surface area contributed by atoms with Crippen molar-refractivity contribution >= 4 is 79.7 Å². The van der Waals surface area contributed by atoms with Crippen LogP contribution < -0.4 is 16.0 Å². The van der Waals surface area contributed by atoms with Crippen LogP contribution >= 0.6 is 63.0 Å². The zero-order valence-corrected chi connectivity index (χ0v) is 21.3. The van der Waals surface area contributed by atoms with Crippen molar-refractivity contribution in [2.45, 2.75) is 16.4 Å². The number of hydrogen-bond acceptors (Lipinski definition) is 2. The molecule has 0 spiro atoms. The highest BCUT2D eigenvalue weighted by atomic mass is 79.9. The van der Waals surface area contributed by atoms with Crippen LogP contribution in [0.25, 0.3) is 11.1 Å². The van der Waals surface area contributed by atoms with Gasteiger partial charge in [0, 0.05) is 10.2 Å². The summed E-state index contributed by atoms with van der Waals surface area (Å²) in [6.07, 6.45) is -0.907. The first kappa shape index (κ1) is 24.8. The van der Waals surface area contributed by atoms with Gasteiger partial charge in [0.1, 0.15) is 6.17 Å². The minimum Gasteiger partial charge on any atom is -0.339 e. The fourth-order valence-electron chi connectivity index (χ4n) is 2.91. The molecule has 0 aromatic heterocycles. The topological polar surface area (TPSA) is 53.2 Å². The maximum Gasteiger partial charge on any atom is 0.228 e. The van der Waals surface area contributed by atoms with E-state index in [0.717, 1.165) is 26.9 Å². The van der Waals surface area contributed by atoms with Gasteiger partial charge in [0.2, 0.25) is 9.70 Å². The molecule has 3 rings (SSSR count). The third-order valence-electron chi connectivity index (χ3n) is 4.42. The zero-order valence-electron chi connectivity index (χ0n) is 16.6. The Hall–Kier alpha value is -1.83. The van der Waals surface area contributed by atoms with Gasteiger partial charge < -0.3 is 16.0 Å². The molecule has 1 amide bonds. The molecule has 0 bridgehead atoms. The van der Waals surface area contributed by atoms with Gasteiger partial charge in [-0.25, -0.2) is 0 Å². The number of carbonyl (C=O) groups excluding carboxylic acids is 1. The smallest absolute Gasteiger partial charge is 0.228 e. The molecule has 0 aliphatic heterocycles. The number of halogens is 4. The Labute approximate surface area is 215 Å². The first-order chi connectivity index (χ1) is 15.2. The van der Waals surface area contributed by atoms with E-state index < -0.39 is 9.96 Å². The molecule has 0 saturated heterocycles. The third kappa shape index (κ3) is 7.64. The summed E-state index contributed by atoms with van der Waals surface area (Å²) >= 11 is 26.9. The molecule has 9 heteroatoms. The third-order valence-corrected chi connectivity index (χ3v) is 5.78. The lowest BCUT2D eigenvalue weighted by atomic mass is 10.0. The minimum absolute atomic E-state index is 0.125. The Bertz CT molecular complexity index is 1080. The van der Waals surface area contributed by atoms with Gasteiger partial charge in [0.05, 0.1) is 6.42 Å². The Morgan fingerprint density at radius 2 is 1.56 bits per heavy atom. The molecule has 3 aromatic rings. The normalized spacial score (nSPS) is 12.0. The second kappa shape index (κ2) is 11.3. The molecule has 0 saturated carbocycles. The summed E-state index contributed by atoms with van der Waals surface area (Å²) in [5, 5.41) is 8.74. The highest BCUT2D eigenvalue weighted by Gasteiger charge is 2.34. The Morgan fingerprint density at radius 1 is 0.906 bits per heavy atom. The van der Waals surface area contributed by atoms with E-state index in [1.165, 1.54) is 0 Å². The van der Waals surface area contributed by atoms with Gasteiger partial charge in [-0.2, -0.15) is 0 Å². The van der Waals surface area contributed by atoms with Gasteiger partial charge in [-0.05, 0) is 47.1 Å². The molecule has 0 heterocycles. The lowest BCUT2D eigenvalue weighted by Crippen LogP contribution is -2.56. The van der Waals surface area contributed by atoms with Crippen molar-refractivity contribution in [1.29, 1.82) is 0 Å². The van der Waals surface area contributed by atoms with Crippen LogP contribution in [0.2, 0.25) is 0 Å². The first-order valence-corrected chi connectivity index (χ1v) is 11.9. The molecule has 3 N–H and O–H groups in total. The van der Waals surface area contributed by atoms with Gasteiger partial charge in [-0.3, -0.25) is 4.79 Å². The van der Waals surface area contributed by atoms with Crippen LogP contribution in [0.1, 0.15) is 5.56 Å². The highest BCUT2D eigenvalue weighted by Crippen LogP contribution is 2.29. The van der Waals surface area contributed by atoms with Crippen molar-refractivity contribution in [2.75, 3.05) is 5.32 Å². The van der Waals surface area contributed by atoms with Crippen LogP contribution in [0.3, 0.4) is 0 Å². The number of carbonyl (C=O) groups is 1. The molecular weight excluding hydrogens is 553 g/mol. The van der Waals surface area contributed by atoms with Crippen LogP contribution in [0.15, 0.2) is 83.3 Å². The summed E-state index contributed by atoms with van der Waals surface area (Å²) in [5.74, 6) is -0.313. The number of rotatable bonds is 6. The Kier molecular flexibility index (Phi) is 8.79. The summed E-state index contributed by atoms with van der Waals surface area (Å²) in [5.41, 5.74) is 3.75. The number of alkyl halides is 3. The van der Waals surface area contributed by atoms with Crippen molar-refractivity contribution in [2.24, 2.45) is 0 Å². The van der Waals surface area contributed by atoms with Crippen molar-refractivity contribution in [3.63, 3.8) is 0 Å². The monoisotopic (exact) mass is 569 g/mol. The number of anilines is 1. The van der Waals surface area contributed by atoms with Crippen LogP contribution in [0.5, 0.6) is 0 Å². The maximum absolute atomic E-state index is 12.6. The molecular formula is C23H19BrCl3N3OS. The van der Waals surface area contributed by atoms with E-state index >= 15 is 0 Å². The van der Waals surface area contributed by atoms with Crippen molar-refractivity contribution in [3.05, 3.63) is 88.9 Å². The number of nitrogens with one attached hydrogen (secondary N) is 3. The van der Waals surface area contributed by atoms with Crippen molar-refractivity contribution in [3.8, 4) is 11.1 Å². The first-order valence-electron chi connectivity index (χ1n) is 9.54. The summed E-state index contributed by atoms with van der Waals surface area (Å²) in [6, 6.07) is 25.2. The predicted molar refractivity (Wildman–Crippen MR) is 141 cm³/mol. The summed E-state index contributed by atoms with van der Waals surface area (Å²) < 4.78 is -0.939. The van der Waals surface area contributed by atoms with E-state index in [4.69, 9.17) is 47.0 Å². The van der Waals surface area contributed by atoms with Crippen LogP contribution in [-0.2, 0) is 11.2 Å². The highest BCUT2D eigenvalue weighted by molar-refractivity contribution is 9.10. The molecule has 1 unspecified atom stereocenters. The van der Waals surface area contributed by atoms with Gasteiger partial charge in [-0.1, -0.05) is 111 Å². The van der Waals surface area contributed by atoms with Gasteiger partial charge in [0.15, 0.2) is 5.11 Å². The predicted octanol–water partition coefficient (Wildman–Crippen LogP) is 6.46. The SMILES string of the molecule is O=C(Cc1ccc(-c2ccccc2)cc1)NC(NC(=S)Nc1cccc(Br)c1)C(Cl)(Cl)Cl. The van der Waals surface area contributed by atoms with Crippen molar-refractivity contribution in [1.82, 2.24) is 10.6 Å². The largest absolute Gasteiger partial charge is 0.339 e. The number of hydrogen-bond donors (Lipinski definition) is 3. The van der Waals surface area contributed by atoms with Crippen molar-refractivity contribution < 1.29 is 4.79 Å². The fraction of sp³-hybridized carbons (Fsp3) is 0.130. The van der Waals surface area contributed by atoms with E-state index in [1.807, 2.05) is 78.9 Å². The van der Waals surface area contributed by atoms with Gasteiger partial charge in [0.25, 0.3) is 0 Å². The molecule has 4 nitrogen and oxygen atoms in total. The Morgan fingerprint density at radius 3 is 2.19 bits per heavy atom. The lowest BCUT2D eigenvalue weighted by Gasteiger charge is -2.27. The zero-order chi connectivity index (χ0) is 23.1. The lowest BCUT2D eigenvalue weighted by molar-refractivity contribution is -0.121. The molecule has 0 aliphatic rings. The molecule has 1 atom stereocenters. The molecule has 3 aromatic carbocycles. The number of amides is 1. The molecule has 166 valence electrons. The quantitative estimate of drug-likeness (QED) is 0.181. The van der Waals surface area contributed by atoms with Crippen LogP contribution in [-0.4, -0.2) is 21.0 Å². The number of benzene rings is 3. The average molecular weight is 572 g/mol. The second-order valence-electron chi connectivity index (χ2n) is 6.89. The maximum atomic E-state index is 12.6. The number of thiocarbonyl (C=S) groups is 1. The fourth-order valence-corrected chi connectivity index (χ4v) is 3.87. The van der Waals surface area contributed by atoms with E-state index in [9.17, 15) is 4.79 Å². The molecule has 0 radical (unpaired) electrons. The standard InChI is InChI=1S/C23H19BrCl3N3OS/c24-18-7-4-8-19(14-18)28-22(32)30-21(23(25,26)27)29-20(31)13-15-9-11-17(12-10-15)16-5-2-1-3-6-16/h1-12,14,21H,13H2,(H,29,31)(H2,28,30,32). The van der Waals surface area contributed by atoms with E-state index in [2.05, 4.69) is 31.9 Å². The average Bonchev–Trinajstić information content (AvgIpc) is 2.74. The van der Waals surface area contributed by atoms with E-state index in [1.54, 1.807) is 0 Å². The second-order valence-corrected chi connectivity index (χ2v) is 10.6. The minimum atomic E-state index is -1.82. The van der Waals surface area contributed by atoms with E-state index in [0.29, 0.717) is 0 Å². The van der Waals surface area contributed by atoms with Crippen LogP contribution in [0, 0.1) is 0 Å².